The maximum atomic E-state index is 11.7. The molecule has 94 valence electrons. The molecule has 0 aromatic heterocycles. The number of nitro benzene ring substituents is 1. The minimum Gasteiger partial charge on any atom is -0.352 e. The number of nitriles is 1. The van der Waals surface area contributed by atoms with Crippen LogP contribution in [0.5, 0.6) is 0 Å². The van der Waals surface area contributed by atoms with Gasteiger partial charge in [-0.15, -0.1) is 0 Å². The Morgan fingerprint density at radius 1 is 1.56 bits per heavy atom. The van der Waals surface area contributed by atoms with Crippen molar-refractivity contribution in [3.8, 4) is 6.07 Å². The second-order valence-corrected chi connectivity index (χ2v) is 3.82. The van der Waals surface area contributed by atoms with Crippen LogP contribution in [0.3, 0.4) is 0 Å². The van der Waals surface area contributed by atoms with E-state index < -0.39 is 16.5 Å². The van der Waals surface area contributed by atoms with Crippen molar-refractivity contribution in [3.05, 3.63) is 38.9 Å². The normalized spacial score (nSPS) is 9.56. The Balaban J connectivity index is 2.83. The molecule has 7 heteroatoms. The topological polar surface area (TPSA) is 96.0 Å². The number of hydrogen-bond donors (Lipinski definition) is 1. The van der Waals surface area contributed by atoms with Crippen LogP contribution in [0.1, 0.15) is 23.2 Å². The molecule has 0 aliphatic heterocycles. The SMILES string of the molecule is N#CCCCNC(=O)c1cccc(Cl)c1[N+](=O)[O-]. The van der Waals surface area contributed by atoms with E-state index in [2.05, 4.69) is 5.32 Å². The van der Waals surface area contributed by atoms with Gasteiger partial charge in [-0.3, -0.25) is 14.9 Å². The molecule has 0 saturated carbocycles. The molecule has 6 nitrogen and oxygen atoms in total. The quantitative estimate of drug-likeness (QED) is 0.503. The molecule has 0 atom stereocenters. The average Bonchev–Trinajstić information content (AvgIpc) is 2.33. The number of nitro groups is 1. The molecule has 0 spiro atoms. The molecule has 0 radical (unpaired) electrons. The highest BCUT2D eigenvalue weighted by Crippen LogP contribution is 2.27. The molecule has 0 saturated heterocycles. The number of rotatable bonds is 5. The van der Waals surface area contributed by atoms with Crippen LogP contribution in [0.4, 0.5) is 5.69 Å². The third-order valence-electron chi connectivity index (χ3n) is 2.16. The third kappa shape index (κ3) is 3.43. The minimum absolute atomic E-state index is 0.0790. The van der Waals surface area contributed by atoms with Crippen LogP contribution < -0.4 is 5.32 Å². The van der Waals surface area contributed by atoms with Crippen LogP contribution in [0.15, 0.2) is 18.2 Å². The smallest absolute Gasteiger partial charge is 0.300 e. The van der Waals surface area contributed by atoms with Crippen LogP contribution in [0.25, 0.3) is 0 Å². The zero-order chi connectivity index (χ0) is 13.5. The van der Waals surface area contributed by atoms with Crippen molar-refractivity contribution in [3.63, 3.8) is 0 Å². The number of carbonyl (C=O) groups excluding carboxylic acids is 1. The van der Waals surface area contributed by atoms with Gasteiger partial charge in [-0.2, -0.15) is 5.26 Å². The van der Waals surface area contributed by atoms with E-state index in [0.29, 0.717) is 12.8 Å². The number of benzene rings is 1. The molecule has 0 aliphatic carbocycles. The van der Waals surface area contributed by atoms with Crippen LogP contribution >= 0.6 is 11.6 Å². The van der Waals surface area contributed by atoms with E-state index in [-0.39, 0.29) is 17.1 Å². The van der Waals surface area contributed by atoms with Gasteiger partial charge in [-0.1, -0.05) is 17.7 Å². The zero-order valence-corrected chi connectivity index (χ0v) is 10.1. The van der Waals surface area contributed by atoms with Crippen molar-refractivity contribution in [2.45, 2.75) is 12.8 Å². The van der Waals surface area contributed by atoms with Gasteiger partial charge in [0.25, 0.3) is 5.91 Å². The third-order valence-corrected chi connectivity index (χ3v) is 2.47. The lowest BCUT2D eigenvalue weighted by atomic mass is 10.1. The highest BCUT2D eigenvalue weighted by Gasteiger charge is 2.23. The fourth-order valence-electron chi connectivity index (χ4n) is 1.35. The van der Waals surface area contributed by atoms with Gasteiger partial charge in [0, 0.05) is 13.0 Å². The summed E-state index contributed by atoms with van der Waals surface area (Å²) in [5.74, 6) is -0.567. The van der Waals surface area contributed by atoms with Crippen LogP contribution in [-0.4, -0.2) is 17.4 Å². The lowest BCUT2D eigenvalue weighted by Gasteiger charge is -2.05. The van der Waals surface area contributed by atoms with E-state index in [1.54, 1.807) is 0 Å². The van der Waals surface area contributed by atoms with Gasteiger partial charge >= 0.3 is 5.69 Å². The number of para-hydroxylation sites is 1. The van der Waals surface area contributed by atoms with Crippen LogP contribution in [0, 0.1) is 21.4 Å². The molecule has 1 amide bonds. The Morgan fingerprint density at radius 3 is 2.89 bits per heavy atom. The summed E-state index contributed by atoms with van der Waals surface area (Å²) in [7, 11) is 0. The molecule has 1 rings (SSSR count). The Bertz CT molecular complexity index is 511. The number of nitrogens with one attached hydrogen (secondary N) is 1. The molecule has 1 N–H and O–H groups in total. The molecule has 0 fully saturated rings. The minimum atomic E-state index is -0.688. The van der Waals surface area contributed by atoms with Gasteiger partial charge in [0.2, 0.25) is 0 Å². The van der Waals surface area contributed by atoms with Crippen LogP contribution in [-0.2, 0) is 0 Å². The molecule has 0 heterocycles. The maximum absolute atomic E-state index is 11.7. The van der Waals surface area contributed by atoms with Gasteiger partial charge < -0.3 is 5.32 Å². The standard InChI is InChI=1S/C11H10ClN3O3/c12-9-5-3-4-8(10(9)15(17)18)11(16)14-7-2-1-6-13/h3-5H,1-2,7H2,(H,14,16). The number of halogens is 1. The summed E-state index contributed by atoms with van der Waals surface area (Å²) in [4.78, 5) is 21.9. The van der Waals surface area contributed by atoms with Crippen molar-refractivity contribution >= 4 is 23.2 Å². The Morgan fingerprint density at radius 2 is 2.28 bits per heavy atom. The van der Waals surface area contributed by atoms with Gasteiger partial charge in [0.1, 0.15) is 10.6 Å². The Hall–Kier alpha value is -2.13. The number of carbonyl (C=O) groups is 1. The summed E-state index contributed by atoms with van der Waals surface area (Å²) >= 11 is 5.69. The summed E-state index contributed by atoms with van der Waals surface area (Å²) in [6.07, 6.45) is 0.814. The number of amides is 1. The first kappa shape index (κ1) is 13.9. The van der Waals surface area contributed by atoms with E-state index in [1.807, 2.05) is 6.07 Å². The van der Waals surface area contributed by atoms with Crippen molar-refractivity contribution in [1.82, 2.24) is 5.32 Å². The number of unbranched alkanes of at least 4 members (excludes halogenated alkanes) is 1. The fourth-order valence-corrected chi connectivity index (χ4v) is 1.59. The molecule has 0 bridgehead atoms. The number of nitrogens with zero attached hydrogens (tertiary/aromatic N) is 2. The van der Waals surface area contributed by atoms with Crippen molar-refractivity contribution < 1.29 is 9.72 Å². The van der Waals surface area contributed by atoms with E-state index in [0.717, 1.165) is 0 Å². The second-order valence-electron chi connectivity index (χ2n) is 3.41. The summed E-state index contributed by atoms with van der Waals surface area (Å²) in [6.45, 7) is 0.288. The van der Waals surface area contributed by atoms with E-state index in [9.17, 15) is 14.9 Å². The summed E-state index contributed by atoms with van der Waals surface area (Å²) < 4.78 is 0. The fraction of sp³-hybridized carbons (Fsp3) is 0.273. The Labute approximate surface area is 108 Å². The first-order valence-electron chi connectivity index (χ1n) is 5.16. The molecular formula is C11H10ClN3O3. The lowest BCUT2D eigenvalue weighted by Crippen LogP contribution is -2.25. The first-order chi connectivity index (χ1) is 8.57. The lowest BCUT2D eigenvalue weighted by molar-refractivity contribution is -0.385. The zero-order valence-electron chi connectivity index (χ0n) is 9.35. The average molecular weight is 268 g/mol. The largest absolute Gasteiger partial charge is 0.352 e. The van der Waals surface area contributed by atoms with E-state index >= 15 is 0 Å². The van der Waals surface area contributed by atoms with E-state index in [1.165, 1.54) is 18.2 Å². The molecule has 1 aromatic carbocycles. The predicted molar refractivity (Wildman–Crippen MR) is 65.3 cm³/mol. The molecular weight excluding hydrogens is 258 g/mol. The van der Waals surface area contributed by atoms with Crippen molar-refractivity contribution in [2.75, 3.05) is 6.54 Å². The monoisotopic (exact) mass is 267 g/mol. The van der Waals surface area contributed by atoms with Gasteiger partial charge in [-0.05, 0) is 18.6 Å². The summed E-state index contributed by atoms with van der Waals surface area (Å²) in [5.41, 5.74) is -0.485. The second kappa shape index (κ2) is 6.57. The number of hydrogen-bond acceptors (Lipinski definition) is 4. The highest BCUT2D eigenvalue weighted by atomic mass is 35.5. The predicted octanol–water partition coefficient (Wildman–Crippen LogP) is 2.28. The van der Waals surface area contributed by atoms with Crippen molar-refractivity contribution in [1.29, 1.82) is 5.26 Å². The molecule has 1 aromatic rings. The summed E-state index contributed by atoms with van der Waals surface area (Å²) in [5, 5.41) is 21.6. The summed E-state index contributed by atoms with van der Waals surface area (Å²) in [6, 6.07) is 6.10. The maximum Gasteiger partial charge on any atom is 0.300 e. The molecule has 0 unspecified atom stereocenters. The van der Waals surface area contributed by atoms with E-state index in [4.69, 9.17) is 16.9 Å². The van der Waals surface area contributed by atoms with Crippen LogP contribution in [0.2, 0.25) is 5.02 Å². The first-order valence-corrected chi connectivity index (χ1v) is 5.53. The highest BCUT2D eigenvalue weighted by molar-refractivity contribution is 6.33. The van der Waals surface area contributed by atoms with Crippen molar-refractivity contribution in [2.24, 2.45) is 0 Å². The Kier molecular flexibility index (Phi) is 5.08. The van der Waals surface area contributed by atoms with Gasteiger partial charge in [0.05, 0.1) is 11.0 Å². The molecule has 0 aliphatic rings. The molecule has 18 heavy (non-hydrogen) atoms. The van der Waals surface area contributed by atoms with Gasteiger partial charge in [0.15, 0.2) is 0 Å². The van der Waals surface area contributed by atoms with Gasteiger partial charge in [-0.25, -0.2) is 0 Å².